The second-order valence-electron chi connectivity index (χ2n) is 5.26. The molecule has 0 aliphatic carbocycles. The van der Waals surface area contributed by atoms with Crippen molar-refractivity contribution in [2.45, 2.75) is 33.4 Å². The molecule has 5 heteroatoms. The highest BCUT2D eigenvalue weighted by atomic mass is 16.5. The SMILES string of the molecule is CCOCC(NCc1nnc(-c2ccccc2)o1)C(C)C. The van der Waals surface area contributed by atoms with E-state index < -0.39 is 0 Å². The van der Waals surface area contributed by atoms with Crippen molar-refractivity contribution in [3.8, 4) is 11.5 Å². The van der Waals surface area contributed by atoms with Gasteiger partial charge in [-0.3, -0.25) is 0 Å². The van der Waals surface area contributed by atoms with Gasteiger partial charge in [0.15, 0.2) is 0 Å². The summed E-state index contributed by atoms with van der Waals surface area (Å²) < 4.78 is 11.2. The van der Waals surface area contributed by atoms with E-state index in [1.54, 1.807) is 0 Å². The van der Waals surface area contributed by atoms with E-state index in [0.717, 1.165) is 12.2 Å². The Kier molecular flexibility index (Phi) is 5.90. The molecule has 0 fully saturated rings. The summed E-state index contributed by atoms with van der Waals surface area (Å²) in [6.07, 6.45) is 0. The van der Waals surface area contributed by atoms with Gasteiger partial charge >= 0.3 is 0 Å². The molecule has 114 valence electrons. The molecule has 0 radical (unpaired) electrons. The van der Waals surface area contributed by atoms with Crippen molar-refractivity contribution >= 4 is 0 Å². The molecule has 0 saturated heterocycles. The van der Waals surface area contributed by atoms with Crippen LogP contribution in [0.1, 0.15) is 26.7 Å². The largest absolute Gasteiger partial charge is 0.419 e. The zero-order valence-electron chi connectivity index (χ0n) is 12.9. The van der Waals surface area contributed by atoms with Crippen molar-refractivity contribution in [2.24, 2.45) is 5.92 Å². The Balaban J connectivity index is 1.93. The lowest BCUT2D eigenvalue weighted by Gasteiger charge is -2.21. The molecule has 1 atom stereocenters. The summed E-state index contributed by atoms with van der Waals surface area (Å²) in [7, 11) is 0. The van der Waals surface area contributed by atoms with Crippen LogP contribution in [-0.2, 0) is 11.3 Å². The first kappa shape index (κ1) is 15.7. The molecule has 0 spiro atoms. The van der Waals surface area contributed by atoms with E-state index in [-0.39, 0.29) is 6.04 Å². The van der Waals surface area contributed by atoms with E-state index in [1.165, 1.54) is 0 Å². The Morgan fingerprint density at radius 2 is 1.95 bits per heavy atom. The van der Waals surface area contributed by atoms with Crippen LogP contribution in [0.5, 0.6) is 0 Å². The second-order valence-corrected chi connectivity index (χ2v) is 5.26. The molecule has 1 aromatic carbocycles. The molecular formula is C16H23N3O2. The average Bonchev–Trinajstić information content (AvgIpc) is 2.97. The van der Waals surface area contributed by atoms with Crippen LogP contribution < -0.4 is 5.32 Å². The lowest BCUT2D eigenvalue weighted by molar-refractivity contribution is 0.107. The molecular weight excluding hydrogens is 266 g/mol. The minimum atomic E-state index is 0.275. The van der Waals surface area contributed by atoms with E-state index in [2.05, 4.69) is 29.4 Å². The van der Waals surface area contributed by atoms with Crippen molar-refractivity contribution in [2.75, 3.05) is 13.2 Å². The standard InChI is InChI=1S/C16H23N3O2/c1-4-20-11-14(12(2)3)17-10-15-18-19-16(21-15)13-8-6-5-7-9-13/h5-9,12,14,17H,4,10-11H2,1-3H3. The molecule has 21 heavy (non-hydrogen) atoms. The summed E-state index contributed by atoms with van der Waals surface area (Å²) >= 11 is 0. The molecule has 0 amide bonds. The van der Waals surface area contributed by atoms with Gasteiger partial charge < -0.3 is 14.5 Å². The monoisotopic (exact) mass is 289 g/mol. The first-order valence-electron chi connectivity index (χ1n) is 7.39. The van der Waals surface area contributed by atoms with E-state index >= 15 is 0 Å². The molecule has 0 aliphatic heterocycles. The normalized spacial score (nSPS) is 12.8. The van der Waals surface area contributed by atoms with Crippen LogP contribution in [0.15, 0.2) is 34.7 Å². The van der Waals surface area contributed by atoms with Crippen LogP contribution in [0.25, 0.3) is 11.5 Å². The minimum Gasteiger partial charge on any atom is -0.419 e. The topological polar surface area (TPSA) is 60.2 Å². The number of hydrogen-bond donors (Lipinski definition) is 1. The number of ether oxygens (including phenoxy) is 1. The number of nitrogens with one attached hydrogen (secondary N) is 1. The third-order valence-corrected chi connectivity index (χ3v) is 3.31. The maximum atomic E-state index is 5.68. The Hall–Kier alpha value is -1.72. The smallest absolute Gasteiger partial charge is 0.247 e. The van der Waals surface area contributed by atoms with Gasteiger partial charge in [0.1, 0.15) is 0 Å². The van der Waals surface area contributed by atoms with Crippen molar-refractivity contribution in [1.29, 1.82) is 0 Å². The van der Waals surface area contributed by atoms with Crippen molar-refractivity contribution < 1.29 is 9.15 Å². The average molecular weight is 289 g/mol. The highest BCUT2D eigenvalue weighted by molar-refractivity contribution is 5.51. The number of aromatic nitrogens is 2. The van der Waals surface area contributed by atoms with E-state index in [1.807, 2.05) is 37.3 Å². The first-order chi connectivity index (χ1) is 10.2. The zero-order chi connectivity index (χ0) is 15.1. The van der Waals surface area contributed by atoms with E-state index in [4.69, 9.17) is 9.15 Å². The fourth-order valence-electron chi connectivity index (χ4n) is 1.97. The molecule has 1 N–H and O–H groups in total. The van der Waals surface area contributed by atoms with Crippen LogP contribution >= 0.6 is 0 Å². The fourth-order valence-corrected chi connectivity index (χ4v) is 1.97. The number of nitrogens with zero attached hydrogens (tertiary/aromatic N) is 2. The van der Waals surface area contributed by atoms with Gasteiger partial charge in [-0.2, -0.15) is 0 Å². The molecule has 0 aliphatic rings. The van der Waals surface area contributed by atoms with Crippen LogP contribution in [0.2, 0.25) is 0 Å². The van der Waals surface area contributed by atoms with E-state index in [0.29, 0.717) is 30.9 Å². The summed E-state index contributed by atoms with van der Waals surface area (Å²) in [5.74, 6) is 1.63. The highest BCUT2D eigenvalue weighted by Gasteiger charge is 2.15. The first-order valence-corrected chi connectivity index (χ1v) is 7.39. The Labute approximate surface area is 125 Å². The van der Waals surface area contributed by atoms with Crippen molar-refractivity contribution in [3.63, 3.8) is 0 Å². The second kappa shape index (κ2) is 7.90. The third-order valence-electron chi connectivity index (χ3n) is 3.31. The Bertz CT molecular complexity index is 525. The lowest BCUT2D eigenvalue weighted by atomic mass is 10.1. The summed E-state index contributed by atoms with van der Waals surface area (Å²) in [5, 5.41) is 11.6. The minimum absolute atomic E-state index is 0.275. The molecule has 5 nitrogen and oxygen atoms in total. The number of rotatable bonds is 8. The van der Waals surface area contributed by atoms with Gasteiger partial charge in [0.25, 0.3) is 0 Å². The Morgan fingerprint density at radius 1 is 1.19 bits per heavy atom. The van der Waals surface area contributed by atoms with E-state index in [9.17, 15) is 0 Å². The van der Waals surface area contributed by atoms with Crippen LogP contribution in [-0.4, -0.2) is 29.5 Å². The van der Waals surface area contributed by atoms with Gasteiger partial charge in [-0.25, -0.2) is 0 Å². The molecule has 0 saturated carbocycles. The maximum absolute atomic E-state index is 5.68. The van der Waals surface area contributed by atoms with Crippen molar-refractivity contribution in [3.05, 3.63) is 36.2 Å². The fraction of sp³-hybridized carbons (Fsp3) is 0.500. The number of benzene rings is 1. The molecule has 1 unspecified atom stereocenters. The van der Waals surface area contributed by atoms with Gasteiger partial charge in [0, 0.05) is 18.2 Å². The molecule has 2 aromatic rings. The van der Waals surface area contributed by atoms with Gasteiger partial charge in [-0.15, -0.1) is 10.2 Å². The van der Waals surface area contributed by atoms with Gasteiger partial charge in [-0.05, 0) is 25.0 Å². The zero-order valence-corrected chi connectivity index (χ0v) is 12.9. The third kappa shape index (κ3) is 4.65. The van der Waals surface area contributed by atoms with Crippen LogP contribution in [0, 0.1) is 5.92 Å². The molecule has 2 rings (SSSR count). The van der Waals surface area contributed by atoms with Gasteiger partial charge in [0.2, 0.25) is 11.8 Å². The number of hydrogen-bond acceptors (Lipinski definition) is 5. The Morgan fingerprint density at radius 3 is 2.62 bits per heavy atom. The highest BCUT2D eigenvalue weighted by Crippen LogP contribution is 2.16. The predicted molar refractivity (Wildman–Crippen MR) is 81.7 cm³/mol. The lowest BCUT2D eigenvalue weighted by Crippen LogP contribution is -2.37. The summed E-state index contributed by atoms with van der Waals surface area (Å²) in [4.78, 5) is 0. The van der Waals surface area contributed by atoms with Gasteiger partial charge in [0.05, 0.1) is 13.2 Å². The summed E-state index contributed by atoms with van der Waals surface area (Å²) in [6.45, 7) is 8.30. The predicted octanol–water partition coefficient (Wildman–Crippen LogP) is 2.89. The summed E-state index contributed by atoms with van der Waals surface area (Å²) in [5.41, 5.74) is 0.936. The quantitative estimate of drug-likeness (QED) is 0.809. The maximum Gasteiger partial charge on any atom is 0.247 e. The molecule has 0 bridgehead atoms. The van der Waals surface area contributed by atoms with Gasteiger partial charge in [-0.1, -0.05) is 32.0 Å². The van der Waals surface area contributed by atoms with Crippen LogP contribution in [0.4, 0.5) is 0 Å². The molecule has 1 aromatic heterocycles. The van der Waals surface area contributed by atoms with Crippen molar-refractivity contribution in [1.82, 2.24) is 15.5 Å². The van der Waals surface area contributed by atoms with Crippen LogP contribution in [0.3, 0.4) is 0 Å². The summed E-state index contributed by atoms with van der Waals surface area (Å²) in [6, 6.07) is 10.1. The molecule has 1 heterocycles.